The Kier molecular flexibility index (Phi) is 2.63. The zero-order valence-electron chi connectivity index (χ0n) is 7.99. The van der Waals surface area contributed by atoms with Crippen molar-refractivity contribution in [2.45, 2.75) is 19.1 Å². The lowest BCUT2D eigenvalue weighted by atomic mass is 10.2. The van der Waals surface area contributed by atoms with Gasteiger partial charge in [-0.25, -0.2) is 9.37 Å². The molecule has 76 valence electrons. The van der Waals surface area contributed by atoms with Gasteiger partial charge in [0.05, 0.1) is 6.54 Å². The van der Waals surface area contributed by atoms with Crippen molar-refractivity contribution in [1.82, 2.24) is 4.98 Å². The van der Waals surface area contributed by atoms with E-state index in [0.717, 1.165) is 17.9 Å². The Hall–Kier alpha value is -1.16. The third-order valence-electron chi connectivity index (χ3n) is 2.52. The van der Waals surface area contributed by atoms with Gasteiger partial charge in [0.2, 0.25) is 0 Å². The van der Waals surface area contributed by atoms with Gasteiger partial charge in [-0.05, 0) is 12.5 Å². The van der Waals surface area contributed by atoms with Crippen LogP contribution < -0.4 is 10.6 Å². The van der Waals surface area contributed by atoms with Crippen LogP contribution in [-0.4, -0.2) is 24.2 Å². The van der Waals surface area contributed by atoms with Crippen LogP contribution in [0.5, 0.6) is 0 Å². The van der Waals surface area contributed by atoms with Crippen molar-refractivity contribution in [3.63, 3.8) is 0 Å². The molecule has 2 N–H and O–H groups in total. The lowest BCUT2D eigenvalue weighted by molar-refractivity contribution is 0.364. The summed E-state index contributed by atoms with van der Waals surface area (Å²) >= 11 is 0. The molecule has 0 radical (unpaired) electrons. The van der Waals surface area contributed by atoms with Crippen LogP contribution in [0, 0.1) is 0 Å². The van der Waals surface area contributed by atoms with E-state index in [1.54, 1.807) is 6.20 Å². The van der Waals surface area contributed by atoms with Gasteiger partial charge in [0, 0.05) is 24.8 Å². The number of anilines is 1. The summed E-state index contributed by atoms with van der Waals surface area (Å²) in [6, 6.07) is 3.79. The molecule has 0 aromatic carbocycles. The van der Waals surface area contributed by atoms with Crippen LogP contribution in [-0.2, 0) is 6.54 Å². The number of halogens is 1. The third-order valence-corrected chi connectivity index (χ3v) is 2.52. The fraction of sp³-hybridized carbons (Fsp3) is 0.500. The molecule has 1 atom stereocenters. The highest BCUT2D eigenvalue weighted by Crippen LogP contribution is 2.22. The predicted molar refractivity (Wildman–Crippen MR) is 53.9 cm³/mol. The Morgan fingerprint density at radius 2 is 2.50 bits per heavy atom. The first-order valence-electron chi connectivity index (χ1n) is 4.84. The third kappa shape index (κ3) is 1.70. The zero-order valence-corrected chi connectivity index (χ0v) is 7.99. The maximum atomic E-state index is 13.0. The summed E-state index contributed by atoms with van der Waals surface area (Å²) in [6.07, 6.45) is 1.60. The minimum Gasteiger partial charge on any atom is -0.353 e. The Morgan fingerprint density at radius 1 is 1.64 bits per heavy atom. The van der Waals surface area contributed by atoms with E-state index in [1.807, 2.05) is 17.0 Å². The quantitative estimate of drug-likeness (QED) is 0.768. The number of rotatable bonds is 2. The molecule has 1 aliphatic rings. The van der Waals surface area contributed by atoms with E-state index < -0.39 is 6.17 Å². The number of alkyl halides is 1. The minimum atomic E-state index is -0.720. The zero-order chi connectivity index (χ0) is 9.97. The van der Waals surface area contributed by atoms with E-state index in [0.29, 0.717) is 19.5 Å². The summed E-state index contributed by atoms with van der Waals surface area (Å²) in [5, 5.41) is 0. The highest BCUT2D eigenvalue weighted by Gasteiger charge is 2.23. The van der Waals surface area contributed by atoms with Gasteiger partial charge in [-0.3, -0.25) is 0 Å². The molecule has 1 saturated heterocycles. The largest absolute Gasteiger partial charge is 0.353 e. The Labute approximate surface area is 82.7 Å². The highest BCUT2D eigenvalue weighted by atomic mass is 19.1. The van der Waals surface area contributed by atoms with Gasteiger partial charge in [0.1, 0.15) is 12.0 Å². The molecule has 3 nitrogen and oxygen atoms in total. The van der Waals surface area contributed by atoms with Crippen molar-refractivity contribution < 1.29 is 4.39 Å². The average molecular weight is 195 g/mol. The van der Waals surface area contributed by atoms with E-state index in [9.17, 15) is 4.39 Å². The topological polar surface area (TPSA) is 42.1 Å². The van der Waals surface area contributed by atoms with E-state index in [-0.39, 0.29) is 0 Å². The number of aromatic nitrogens is 1. The summed E-state index contributed by atoms with van der Waals surface area (Å²) in [5.41, 5.74) is 6.58. The van der Waals surface area contributed by atoms with Crippen LogP contribution in [0.1, 0.15) is 12.0 Å². The monoisotopic (exact) mass is 195 g/mol. The molecular weight excluding hydrogens is 181 g/mol. The van der Waals surface area contributed by atoms with E-state index >= 15 is 0 Å². The van der Waals surface area contributed by atoms with Gasteiger partial charge in [0.25, 0.3) is 0 Å². The van der Waals surface area contributed by atoms with Crippen LogP contribution >= 0.6 is 0 Å². The Balaban J connectivity index is 2.22. The van der Waals surface area contributed by atoms with Gasteiger partial charge in [-0.15, -0.1) is 0 Å². The van der Waals surface area contributed by atoms with E-state index in [4.69, 9.17) is 5.73 Å². The van der Waals surface area contributed by atoms with Crippen LogP contribution in [0.15, 0.2) is 18.3 Å². The summed E-state index contributed by atoms with van der Waals surface area (Å²) in [4.78, 5) is 6.21. The van der Waals surface area contributed by atoms with Crippen LogP contribution in [0.2, 0.25) is 0 Å². The molecule has 2 heterocycles. The smallest absolute Gasteiger partial charge is 0.133 e. The van der Waals surface area contributed by atoms with E-state index in [2.05, 4.69) is 4.98 Å². The average Bonchev–Trinajstić information content (AvgIpc) is 2.65. The molecular formula is C10H14FN3. The molecule has 2 rings (SSSR count). The van der Waals surface area contributed by atoms with Crippen molar-refractivity contribution in [3.05, 3.63) is 23.9 Å². The second-order valence-corrected chi connectivity index (χ2v) is 3.52. The number of hydrogen-bond acceptors (Lipinski definition) is 3. The van der Waals surface area contributed by atoms with Crippen LogP contribution in [0.4, 0.5) is 10.2 Å². The Bertz CT molecular complexity index is 316. The molecule has 0 saturated carbocycles. The Morgan fingerprint density at radius 3 is 3.14 bits per heavy atom. The lowest BCUT2D eigenvalue weighted by Gasteiger charge is -2.18. The molecule has 1 unspecified atom stereocenters. The van der Waals surface area contributed by atoms with Crippen molar-refractivity contribution in [2.75, 3.05) is 18.0 Å². The minimum absolute atomic E-state index is 0.448. The summed E-state index contributed by atoms with van der Waals surface area (Å²) in [6.45, 7) is 1.64. The summed E-state index contributed by atoms with van der Waals surface area (Å²) in [5.74, 6) is 0.843. The van der Waals surface area contributed by atoms with E-state index in [1.165, 1.54) is 0 Å². The first-order valence-corrected chi connectivity index (χ1v) is 4.84. The molecule has 1 aromatic rings. The first-order chi connectivity index (χ1) is 6.81. The van der Waals surface area contributed by atoms with Crippen LogP contribution in [0.25, 0.3) is 0 Å². The predicted octanol–water partition coefficient (Wildman–Crippen LogP) is 1.09. The van der Waals surface area contributed by atoms with Gasteiger partial charge in [0.15, 0.2) is 0 Å². The molecule has 0 bridgehead atoms. The first kappa shape index (κ1) is 9.40. The summed E-state index contributed by atoms with van der Waals surface area (Å²) < 4.78 is 13.0. The molecule has 1 aliphatic heterocycles. The maximum Gasteiger partial charge on any atom is 0.133 e. The van der Waals surface area contributed by atoms with Gasteiger partial charge in [-0.1, -0.05) is 6.07 Å². The number of pyridine rings is 1. The lowest BCUT2D eigenvalue weighted by Crippen LogP contribution is -2.23. The molecule has 1 fully saturated rings. The number of hydrogen-bond donors (Lipinski definition) is 1. The molecule has 14 heavy (non-hydrogen) atoms. The normalized spacial score (nSPS) is 21.6. The standard InChI is InChI=1S/C10H14FN3/c11-9-3-5-14(7-9)10-8(6-12)2-1-4-13-10/h1-2,4,9H,3,5-7,12H2. The molecule has 0 spiro atoms. The highest BCUT2D eigenvalue weighted by molar-refractivity contribution is 5.47. The molecule has 1 aromatic heterocycles. The fourth-order valence-corrected chi connectivity index (χ4v) is 1.78. The molecule has 0 amide bonds. The molecule has 0 aliphatic carbocycles. The number of nitrogens with zero attached hydrogens (tertiary/aromatic N) is 2. The van der Waals surface area contributed by atoms with Crippen molar-refractivity contribution in [2.24, 2.45) is 5.73 Å². The number of nitrogens with two attached hydrogens (primary N) is 1. The molecule has 4 heteroatoms. The van der Waals surface area contributed by atoms with Gasteiger partial charge >= 0.3 is 0 Å². The van der Waals surface area contributed by atoms with Crippen molar-refractivity contribution in [3.8, 4) is 0 Å². The van der Waals surface area contributed by atoms with Crippen molar-refractivity contribution >= 4 is 5.82 Å². The van der Waals surface area contributed by atoms with Crippen molar-refractivity contribution in [1.29, 1.82) is 0 Å². The second-order valence-electron chi connectivity index (χ2n) is 3.52. The maximum absolute atomic E-state index is 13.0. The van der Waals surface area contributed by atoms with Crippen LogP contribution in [0.3, 0.4) is 0 Å². The van der Waals surface area contributed by atoms with Gasteiger partial charge in [-0.2, -0.15) is 0 Å². The SMILES string of the molecule is NCc1cccnc1N1CCC(F)C1. The second kappa shape index (κ2) is 3.92. The fourth-order valence-electron chi connectivity index (χ4n) is 1.78. The van der Waals surface area contributed by atoms with Gasteiger partial charge < -0.3 is 10.6 Å². The summed E-state index contributed by atoms with van der Waals surface area (Å²) in [7, 11) is 0.